The van der Waals surface area contributed by atoms with Gasteiger partial charge in [0.25, 0.3) is 0 Å². The van der Waals surface area contributed by atoms with E-state index in [1.165, 1.54) is 6.92 Å². The largest absolute Gasteiger partial charge is 0.472 e. The van der Waals surface area contributed by atoms with E-state index in [0.29, 0.717) is 6.54 Å². The number of hydrogen-bond acceptors (Lipinski definition) is 3. The van der Waals surface area contributed by atoms with Crippen LogP contribution in [0.15, 0.2) is 41.2 Å². The molecule has 4 heteroatoms. The smallest absolute Gasteiger partial charge is 0.221 e. The lowest BCUT2D eigenvalue weighted by molar-refractivity contribution is -0.114. The molecule has 0 aliphatic carbocycles. The molecule has 1 amide bonds. The highest BCUT2D eigenvalue weighted by atomic mass is 16.3. The Labute approximate surface area is 106 Å². The Hall–Kier alpha value is -2.23. The molecule has 0 aliphatic rings. The molecule has 2 N–H and O–H groups in total. The molecule has 1 aromatic carbocycles. The quantitative estimate of drug-likeness (QED) is 0.868. The Morgan fingerprint density at radius 3 is 2.83 bits per heavy atom. The number of benzene rings is 1. The van der Waals surface area contributed by atoms with Gasteiger partial charge in [0.15, 0.2) is 0 Å². The number of anilines is 2. The van der Waals surface area contributed by atoms with Crippen molar-refractivity contribution in [3.05, 3.63) is 47.9 Å². The summed E-state index contributed by atoms with van der Waals surface area (Å²) in [7, 11) is 0. The van der Waals surface area contributed by atoms with Gasteiger partial charge in [-0.15, -0.1) is 0 Å². The van der Waals surface area contributed by atoms with Gasteiger partial charge in [0.05, 0.1) is 12.5 Å². The van der Waals surface area contributed by atoms with E-state index in [2.05, 4.69) is 10.6 Å². The molecular weight excluding hydrogens is 228 g/mol. The van der Waals surface area contributed by atoms with Crippen LogP contribution in [0.5, 0.6) is 0 Å². The molecule has 2 rings (SSSR count). The van der Waals surface area contributed by atoms with E-state index in [1.54, 1.807) is 12.5 Å². The van der Waals surface area contributed by atoms with E-state index in [4.69, 9.17) is 4.42 Å². The zero-order valence-corrected chi connectivity index (χ0v) is 10.5. The summed E-state index contributed by atoms with van der Waals surface area (Å²) in [4.78, 5) is 11.1. The summed E-state index contributed by atoms with van der Waals surface area (Å²) in [6.45, 7) is 4.16. The molecule has 1 aromatic heterocycles. The molecule has 0 atom stereocenters. The lowest BCUT2D eigenvalue weighted by Crippen LogP contribution is -2.08. The minimum atomic E-state index is -0.0647. The SMILES string of the molecule is CC(=O)Nc1cc(NCc2ccoc2)ccc1C. The van der Waals surface area contributed by atoms with Crippen molar-refractivity contribution in [2.24, 2.45) is 0 Å². The fourth-order valence-corrected chi connectivity index (χ4v) is 1.65. The number of carbonyl (C=O) groups is 1. The van der Waals surface area contributed by atoms with Crippen LogP contribution in [0.3, 0.4) is 0 Å². The van der Waals surface area contributed by atoms with Gasteiger partial charge in [0, 0.05) is 30.4 Å². The van der Waals surface area contributed by atoms with Gasteiger partial charge in [-0.3, -0.25) is 4.79 Å². The number of nitrogens with one attached hydrogen (secondary N) is 2. The van der Waals surface area contributed by atoms with Gasteiger partial charge in [-0.25, -0.2) is 0 Å². The first-order valence-corrected chi connectivity index (χ1v) is 5.78. The maximum atomic E-state index is 11.1. The van der Waals surface area contributed by atoms with E-state index >= 15 is 0 Å². The molecule has 0 aliphatic heterocycles. The van der Waals surface area contributed by atoms with Crippen molar-refractivity contribution >= 4 is 17.3 Å². The Balaban J connectivity index is 2.06. The van der Waals surface area contributed by atoms with E-state index < -0.39 is 0 Å². The predicted octanol–water partition coefficient (Wildman–Crippen LogP) is 3.16. The van der Waals surface area contributed by atoms with Crippen molar-refractivity contribution in [2.75, 3.05) is 10.6 Å². The van der Waals surface area contributed by atoms with Crippen LogP contribution in [-0.2, 0) is 11.3 Å². The van der Waals surface area contributed by atoms with Crippen molar-refractivity contribution in [3.63, 3.8) is 0 Å². The summed E-state index contributed by atoms with van der Waals surface area (Å²) in [6, 6.07) is 7.80. The van der Waals surface area contributed by atoms with Crippen molar-refractivity contribution in [1.82, 2.24) is 0 Å². The van der Waals surface area contributed by atoms with Gasteiger partial charge < -0.3 is 15.1 Å². The highest BCUT2D eigenvalue weighted by Gasteiger charge is 2.02. The second-order valence-electron chi connectivity index (χ2n) is 4.20. The van der Waals surface area contributed by atoms with Crippen molar-refractivity contribution < 1.29 is 9.21 Å². The summed E-state index contributed by atoms with van der Waals surface area (Å²) in [5.41, 5.74) is 3.92. The second kappa shape index (κ2) is 5.40. The Morgan fingerprint density at radius 1 is 1.33 bits per heavy atom. The van der Waals surface area contributed by atoms with Crippen molar-refractivity contribution in [1.29, 1.82) is 0 Å². The summed E-state index contributed by atoms with van der Waals surface area (Å²) < 4.78 is 5.00. The third-order valence-electron chi connectivity index (χ3n) is 2.63. The van der Waals surface area contributed by atoms with Crippen LogP contribution in [-0.4, -0.2) is 5.91 Å². The summed E-state index contributed by atoms with van der Waals surface area (Å²) >= 11 is 0. The van der Waals surface area contributed by atoms with E-state index in [-0.39, 0.29) is 5.91 Å². The molecule has 1 heterocycles. The second-order valence-corrected chi connectivity index (χ2v) is 4.20. The molecule has 0 saturated heterocycles. The molecule has 0 unspecified atom stereocenters. The Kier molecular flexibility index (Phi) is 3.67. The number of hydrogen-bond donors (Lipinski definition) is 2. The maximum Gasteiger partial charge on any atom is 0.221 e. The molecule has 2 aromatic rings. The zero-order valence-electron chi connectivity index (χ0n) is 10.5. The molecular formula is C14H16N2O2. The standard InChI is InChI=1S/C14H16N2O2/c1-10-3-4-13(7-14(10)16-11(2)17)15-8-12-5-6-18-9-12/h3-7,9,15H,8H2,1-2H3,(H,16,17). The fourth-order valence-electron chi connectivity index (χ4n) is 1.65. The monoisotopic (exact) mass is 244 g/mol. The van der Waals surface area contributed by atoms with Gasteiger partial charge in [0.2, 0.25) is 5.91 Å². The highest BCUT2D eigenvalue weighted by Crippen LogP contribution is 2.20. The van der Waals surface area contributed by atoms with Crippen LogP contribution < -0.4 is 10.6 Å². The predicted molar refractivity (Wildman–Crippen MR) is 71.5 cm³/mol. The topological polar surface area (TPSA) is 54.3 Å². The van der Waals surface area contributed by atoms with Crippen LogP contribution in [0.25, 0.3) is 0 Å². The van der Waals surface area contributed by atoms with Gasteiger partial charge in [-0.1, -0.05) is 6.07 Å². The maximum absolute atomic E-state index is 11.1. The third kappa shape index (κ3) is 3.13. The molecule has 0 saturated carbocycles. The van der Waals surface area contributed by atoms with Crippen LogP contribution in [0.4, 0.5) is 11.4 Å². The Bertz CT molecular complexity index is 533. The first-order chi connectivity index (χ1) is 8.65. The number of furan rings is 1. The summed E-state index contributed by atoms with van der Waals surface area (Å²) in [5.74, 6) is -0.0647. The van der Waals surface area contributed by atoms with Crippen LogP contribution >= 0.6 is 0 Å². The average molecular weight is 244 g/mol. The third-order valence-corrected chi connectivity index (χ3v) is 2.63. The van der Waals surface area contributed by atoms with E-state index in [9.17, 15) is 4.79 Å². The normalized spacial score (nSPS) is 10.1. The number of rotatable bonds is 4. The molecule has 0 radical (unpaired) electrons. The molecule has 4 nitrogen and oxygen atoms in total. The van der Waals surface area contributed by atoms with Crippen LogP contribution in [0.2, 0.25) is 0 Å². The number of aryl methyl sites for hydroxylation is 1. The zero-order chi connectivity index (χ0) is 13.0. The molecule has 18 heavy (non-hydrogen) atoms. The fraction of sp³-hybridized carbons (Fsp3) is 0.214. The lowest BCUT2D eigenvalue weighted by atomic mass is 10.1. The number of carbonyl (C=O) groups excluding carboxylic acids is 1. The Morgan fingerprint density at radius 2 is 2.17 bits per heavy atom. The minimum Gasteiger partial charge on any atom is -0.472 e. The van der Waals surface area contributed by atoms with Crippen LogP contribution in [0, 0.1) is 6.92 Å². The summed E-state index contributed by atoms with van der Waals surface area (Å²) in [5, 5.41) is 6.09. The highest BCUT2D eigenvalue weighted by molar-refractivity contribution is 5.90. The minimum absolute atomic E-state index is 0.0647. The van der Waals surface area contributed by atoms with E-state index in [1.807, 2.05) is 31.2 Å². The number of amides is 1. The van der Waals surface area contributed by atoms with Crippen molar-refractivity contribution in [3.8, 4) is 0 Å². The first-order valence-electron chi connectivity index (χ1n) is 5.78. The molecule has 0 fully saturated rings. The van der Waals surface area contributed by atoms with Gasteiger partial charge >= 0.3 is 0 Å². The first kappa shape index (κ1) is 12.2. The average Bonchev–Trinajstić information content (AvgIpc) is 2.82. The van der Waals surface area contributed by atoms with Gasteiger partial charge in [-0.2, -0.15) is 0 Å². The van der Waals surface area contributed by atoms with E-state index in [0.717, 1.165) is 22.5 Å². The molecule has 0 spiro atoms. The molecule has 0 bridgehead atoms. The summed E-state index contributed by atoms with van der Waals surface area (Å²) in [6.07, 6.45) is 3.35. The van der Waals surface area contributed by atoms with Crippen LogP contribution in [0.1, 0.15) is 18.1 Å². The molecule has 94 valence electrons. The van der Waals surface area contributed by atoms with Crippen molar-refractivity contribution in [2.45, 2.75) is 20.4 Å². The van der Waals surface area contributed by atoms with Gasteiger partial charge in [-0.05, 0) is 30.7 Å². The van der Waals surface area contributed by atoms with Gasteiger partial charge in [0.1, 0.15) is 0 Å². The lowest BCUT2D eigenvalue weighted by Gasteiger charge is -2.10.